The van der Waals surface area contributed by atoms with Crippen LogP contribution in [0, 0.1) is 11.8 Å². The van der Waals surface area contributed by atoms with Crippen LogP contribution in [0.2, 0.25) is 0 Å². The second kappa shape index (κ2) is 15.4. The molecule has 0 aliphatic heterocycles. The molecular formula is C22H42F2O2. The molecule has 1 saturated carbocycles. The first-order chi connectivity index (χ1) is 12.3. The van der Waals surface area contributed by atoms with Gasteiger partial charge >= 0.3 is 5.97 Å². The van der Waals surface area contributed by atoms with E-state index in [2.05, 4.69) is 11.7 Å². The topological polar surface area (TPSA) is 26.3 Å². The van der Waals surface area contributed by atoms with Gasteiger partial charge in [0.25, 0.3) is 0 Å². The van der Waals surface area contributed by atoms with E-state index in [4.69, 9.17) is 0 Å². The lowest BCUT2D eigenvalue weighted by Gasteiger charge is -2.20. The van der Waals surface area contributed by atoms with E-state index in [9.17, 15) is 13.6 Å². The molecular weight excluding hydrogens is 334 g/mol. The van der Waals surface area contributed by atoms with Gasteiger partial charge in [0.2, 0.25) is 5.92 Å². The second-order valence-electron chi connectivity index (χ2n) is 8.00. The van der Waals surface area contributed by atoms with Crippen LogP contribution >= 0.6 is 0 Å². The highest BCUT2D eigenvalue weighted by molar-refractivity contribution is 5.68. The van der Waals surface area contributed by atoms with Gasteiger partial charge in [-0.05, 0) is 24.7 Å². The van der Waals surface area contributed by atoms with Crippen LogP contribution in [0.3, 0.4) is 0 Å². The fourth-order valence-corrected chi connectivity index (χ4v) is 3.50. The third-order valence-corrected chi connectivity index (χ3v) is 5.44. The van der Waals surface area contributed by atoms with Gasteiger partial charge in [0, 0.05) is 19.3 Å². The minimum Gasteiger partial charge on any atom is -0.469 e. The van der Waals surface area contributed by atoms with Crippen molar-refractivity contribution in [3.8, 4) is 0 Å². The minimum absolute atomic E-state index is 0.0775. The highest BCUT2D eigenvalue weighted by Crippen LogP contribution is 2.34. The molecule has 1 aliphatic carbocycles. The zero-order chi connectivity index (χ0) is 19.8. The quantitative estimate of drug-likeness (QED) is 0.260. The van der Waals surface area contributed by atoms with Crippen molar-refractivity contribution in [2.45, 2.75) is 117 Å². The zero-order valence-corrected chi connectivity index (χ0v) is 17.6. The van der Waals surface area contributed by atoms with Crippen LogP contribution in [0.4, 0.5) is 8.78 Å². The predicted molar refractivity (Wildman–Crippen MR) is 106 cm³/mol. The van der Waals surface area contributed by atoms with Gasteiger partial charge in [-0.2, -0.15) is 0 Å². The van der Waals surface area contributed by atoms with Crippen LogP contribution in [0.25, 0.3) is 0 Å². The molecule has 0 aromatic carbocycles. The summed E-state index contributed by atoms with van der Waals surface area (Å²) in [5.41, 5.74) is 0. The molecule has 0 spiro atoms. The molecule has 4 heteroatoms. The van der Waals surface area contributed by atoms with E-state index in [-0.39, 0.29) is 24.7 Å². The van der Waals surface area contributed by atoms with Crippen molar-refractivity contribution in [2.75, 3.05) is 7.11 Å². The number of unbranched alkanes of at least 4 members (excludes halogenated alkanes) is 3. The van der Waals surface area contributed by atoms with E-state index < -0.39 is 5.92 Å². The van der Waals surface area contributed by atoms with Crippen molar-refractivity contribution in [2.24, 2.45) is 11.8 Å². The molecule has 156 valence electrons. The van der Waals surface area contributed by atoms with Crippen LogP contribution in [0.1, 0.15) is 111 Å². The Morgan fingerprint density at radius 3 is 2.31 bits per heavy atom. The maximum atomic E-state index is 13.5. The van der Waals surface area contributed by atoms with Crippen molar-refractivity contribution < 1.29 is 18.3 Å². The Bertz CT molecular complexity index is 339. The smallest absolute Gasteiger partial charge is 0.305 e. The average Bonchev–Trinajstić information content (AvgIpc) is 3.11. The van der Waals surface area contributed by atoms with E-state index in [1.54, 1.807) is 0 Å². The number of rotatable bonds is 12. The first-order valence-electron chi connectivity index (χ1n) is 10.8. The van der Waals surface area contributed by atoms with Gasteiger partial charge in [-0.3, -0.25) is 4.79 Å². The van der Waals surface area contributed by atoms with Crippen LogP contribution in [0.5, 0.6) is 0 Å². The average molecular weight is 377 g/mol. The molecule has 26 heavy (non-hydrogen) atoms. The van der Waals surface area contributed by atoms with Gasteiger partial charge in [-0.1, -0.05) is 78.6 Å². The highest BCUT2D eigenvalue weighted by atomic mass is 19.3. The molecule has 0 saturated heterocycles. The Kier molecular flexibility index (Phi) is 15.0. The molecule has 0 N–H and O–H groups in total. The number of hydrogen-bond donors (Lipinski definition) is 0. The van der Waals surface area contributed by atoms with Crippen molar-refractivity contribution in [3.05, 3.63) is 0 Å². The number of hydrogen-bond acceptors (Lipinski definition) is 2. The van der Waals surface area contributed by atoms with Crippen molar-refractivity contribution in [1.29, 1.82) is 0 Å². The number of halogens is 2. The van der Waals surface area contributed by atoms with Crippen LogP contribution in [-0.2, 0) is 9.53 Å². The molecule has 0 aromatic heterocycles. The number of methoxy groups -OCH3 is 1. The first kappa shape index (κ1) is 25.3. The summed E-state index contributed by atoms with van der Waals surface area (Å²) >= 11 is 0. The zero-order valence-electron chi connectivity index (χ0n) is 17.6. The Balaban J connectivity index is 0.000000541. The minimum atomic E-state index is -2.42. The summed E-state index contributed by atoms with van der Waals surface area (Å²) in [7, 11) is 1.43. The van der Waals surface area contributed by atoms with Gasteiger partial charge in [0.15, 0.2) is 0 Å². The number of carbonyl (C=O) groups excluding carboxylic acids is 1. The van der Waals surface area contributed by atoms with Gasteiger partial charge in [0.1, 0.15) is 0 Å². The van der Waals surface area contributed by atoms with E-state index in [0.29, 0.717) is 12.8 Å². The summed E-state index contributed by atoms with van der Waals surface area (Å²) in [6, 6.07) is 0. The first-order valence-corrected chi connectivity index (χ1v) is 10.8. The molecule has 1 atom stereocenters. The molecule has 0 radical (unpaired) electrons. The van der Waals surface area contributed by atoms with Crippen LogP contribution < -0.4 is 0 Å². The summed E-state index contributed by atoms with van der Waals surface area (Å²) in [5.74, 6) is -1.61. The molecule has 0 amide bonds. The predicted octanol–water partition coefficient (Wildman–Crippen LogP) is 7.55. The van der Waals surface area contributed by atoms with Crippen molar-refractivity contribution in [1.82, 2.24) is 0 Å². The summed E-state index contributed by atoms with van der Waals surface area (Å²) in [6.07, 6.45) is 13.1. The summed E-state index contributed by atoms with van der Waals surface area (Å²) in [6.45, 7) is 6.06. The van der Waals surface area contributed by atoms with Crippen LogP contribution in [-0.4, -0.2) is 19.0 Å². The van der Waals surface area contributed by atoms with Crippen molar-refractivity contribution >= 4 is 5.97 Å². The Labute approximate surface area is 160 Å². The molecule has 0 aromatic rings. The van der Waals surface area contributed by atoms with Gasteiger partial charge in [-0.15, -0.1) is 0 Å². The third kappa shape index (κ3) is 14.5. The number of carbonyl (C=O) groups is 1. The molecule has 2 nitrogen and oxygen atoms in total. The fraction of sp³-hybridized carbons (Fsp3) is 0.955. The molecule has 0 heterocycles. The third-order valence-electron chi connectivity index (χ3n) is 5.44. The maximum Gasteiger partial charge on any atom is 0.305 e. The molecule has 1 fully saturated rings. The van der Waals surface area contributed by atoms with Gasteiger partial charge in [-0.25, -0.2) is 8.78 Å². The lowest BCUT2D eigenvalue weighted by atomic mass is 9.94. The SMILES string of the molecule is CCCCCCC(=O)OC.CC[C@H](C)CC(F)(F)CCCC1CCCC1. The standard InChI is InChI=1S/C14H26F2.C8H16O2/c1-3-12(2)11-14(15,16)10-6-9-13-7-4-5-8-13;1-3-4-5-6-7-8(9)10-2/h12-13H,3-11H2,1-2H3;3-7H2,1-2H3/t12-;/m0./s1. The number of esters is 1. The summed E-state index contributed by atoms with van der Waals surface area (Å²) < 4.78 is 31.6. The van der Waals surface area contributed by atoms with E-state index >= 15 is 0 Å². The summed E-state index contributed by atoms with van der Waals surface area (Å²) in [5, 5.41) is 0. The lowest BCUT2D eigenvalue weighted by molar-refractivity contribution is -0.140. The van der Waals surface area contributed by atoms with E-state index in [1.807, 2.05) is 13.8 Å². The van der Waals surface area contributed by atoms with Crippen LogP contribution in [0.15, 0.2) is 0 Å². The highest BCUT2D eigenvalue weighted by Gasteiger charge is 2.30. The Hall–Kier alpha value is -0.670. The normalized spacial score (nSPS) is 16.1. The molecule has 1 rings (SSSR count). The number of alkyl halides is 2. The molecule has 0 bridgehead atoms. The largest absolute Gasteiger partial charge is 0.469 e. The van der Waals surface area contributed by atoms with E-state index in [0.717, 1.165) is 31.6 Å². The molecule has 0 unspecified atom stereocenters. The molecule has 1 aliphatic rings. The fourth-order valence-electron chi connectivity index (χ4n) is 3.50. The lowest BCUT2D eigenvalue weighted by Crippen LogP contribution is -2.19. The Morgan fingerprint density at radius 1 is 1.12 bits per heavy atom. The van der Waals surface area contributed by atoms with Gasteiger partial charge < -0.3 is 4.74 Å². The maximum absolute atomic E-state index is 13.5. The second-order valence-corrected chi connectivity index (χ2v) is 8.00. The monoisotopic (exact) mass is 376 g/mol. The summed E-state index contributed by atoms with van der Waals surface area (Å²) in [4.78, 5) is 10.6. The van der Waals surface area contributed by atoms with E-state index in [1.165, 1.54) is 45.6 Å². The Morgan fingerprint density at radius 2 is 1.77 bits per heavy atom. The number of ether oxygens (including phenoxy) is 1. The van der Waals surface area contributed by atoms with Gasteiger partial charge in [0.05, 0.1) is 7.11 Å². The van der Waals surface area contributed by atoms with Crippen molar-refractivity contribution in [3.63, 3.8) is 0 Å².